The number of nitrogens with zero attached hydrogens (tertiary/aromatic N) is 3. The number of hydrogen-bond acceptors (Lipinski definition) is 6. The molecule has 2 aromatic carbocycles. The van der Waals surface area contributed by atoms with Crippen molar-refractivity contribution in [3.63, 3.8) is 0 Å². The standard InChI is InChI=1S/C29H28FN5O3S/c1-17-8-18(10-27(36)34-20-15-33-35(16-20)29-12-19(13-29)14-29)9-24(30)28(17)38-26-6-7-32-25-5-4-22(11-23(25)26)39(31,37)21-2-3-21/h4-9,11,15-16,19,21,31H,2-3,10,12-14H2,1H3,(H,34,36)/t19?,29?,39-/m1/s1. The third-order valence-electron chi connectivity index (χ3n) is 8.24. The predicted octanol–water partition coefficient (Wildman–Crippen LogP) is 5.93. The van der Waals surface area contributed by atoms with E-state index in [0.717, 1.165) is 38.0 Å². The summed E-state index contributed by atoms with van der Waals surface area (Å²) in [5, 5.41) is 7.75. The lowest BCUT2D eigenvalue weighted by molar-refractivity contribution is -0.115. The first kappa shape index (κ1) is 24.3. The van der Waals surface area contributed by atoms with Crippen molar-refractivity contribution < 1.29 is 18.1 Å². The van der Waals surface area contributed by atoms with Crippen LogP contribution in [0.3, 0.4) is 0 Å². The topological polar surface area (TPSA) is 110 Å². The van der Waals surface area contributed by atoms with E-state index in [0.29, 0.717) is 38.4 Å². The summed E-state index contributed by atoms with van der Waals surface area (Å²) in [6.45, 7) is 1.73. The zero-order valence-electron chi connectivity index (χ0n) is 21.4. The van der Waals surface area contributed by atoms with E-state index in [1.165, 1.54) is 6.07 Å². The quantitative estimate of drug-likeness (QED) is 0.285. The number of carbonyl (C=O) groups is 1. The number of halogens is 1. The molecule has 8 rings (SSSR count). The van der Waals surface area contributed by atoms with E-state index in [2.05, 4.69) is 15.4 Å². The summed E-state index contributed by atoms with van der Waals surface area (Å²) >= 11 is 0. The van der Waals surface area contributed by atoms with Crippen LogP contribution in [0.15, 0.2) is 59.9 Å². The minimum atomic E-state index is -2.91. The van der Waals surface area contributed by atoms with E-state index >= 15 is 4.39 Å². The van der Waals surface area contributed by atoms with E-state index in [9.17, 15) is 9.00 Å². The molecule has 10 heteroatoms. The summed E-state index contributed by atoms with van der Waals surface area (Å²) in [5.41, 5.74) is 2.47. The molecule has 4 fully saturated rings. The van der Waals surface area contributed by atoms with Crippen LogP contribution in [0.25, 0.3) is 10.9 Å². The van der Waals surface area contributed by atoms with Gasteiger partial charge in [0.25, 0.3) is 0 Å². The lowest BCUT2D eigenvalue weighted by Crippen LogP contribution is -2.59. The van der Waals surface area contributed by atoms with Crippen molar-refractivity contribution in [2.24, 2.45) is 5.92 Å². The number of aromatic nitrogens is 3. The van der Waals surface area contributed by atoms with Crippen LogP contribution in [-0.2, 0) is 26.5 Å². The second-order valence-electron chi connectivity index (χ2n) is 11.2. The van der Waals surface area contributed by atoms with Crippen LogP contribution in [0.5, 0.6) is 11.5 Å². The fourth-order valence-electron chi connectivity index (χ4n) is 5.86. The average molecular weight is 546 g/mol. The summed E-state index contributed by atoms with van der Waals surface area (Å²) in [7, 11) is -2.91. The van der Waals surface area contributed by atoms with Gasteiger partial charge in [0.1, 0.15) is 5.75 Å². The minimum absolute atomic E-state index is 0.0109. The molecule has 2 bridgehead atoms. The number of nitrogens with one attached hydrogen (secondary N) is 2. The Kier molecular flexibility index (Phi) is 5.35. The van der Waals surface area contributed by atoms with E-state index in [-0.39, 0.29) is 28.9 Å². The van der Waals surface area contributed by atoms with Gasteiger partial charge in [0, 0.05) is 27.9 Å². The summed E-state index contributed by atoms with van der Waals surface area (Å²) < 4.78 is 44.6. The van der Waals surface area contributed by atoms with Crippen molar-refractivity contribution >= 4 is 32.2 Å². The minimum Gasteiger partial charge on any atom is -0.453 e. The molecule has 39 heavy (non-hydrogen) atoms. The highest BCUT2D eigenvalue weighted by molar-refractivity contribution is 7.93. The zero-order chi connectivity index (χ0) is 26.9. The van der Waals surface area contributed by atoms with Crippen LogP contribution in [0.4, 0.5) is 10.1 Å². The Morgan fingerprint density at radius 3 is 2.72 bits per heavy atom. The number of carbonyl (C=O) groups excluding carboxylic acids is 1. The Balaban J connectivity index is 1.09. The molecule has 200 valence electrons. The molecule has 0 radical (unpaired) electrons. The van der Waals surface area contributed by atoms with Crippen LogP contribution in [0.2, 0.25) is 0 Å². The Hall–Kier alpha value is -3.79. The molecule has 4 aliphatic rings. The Labute approximate surface area is 225 Å². The molecule has 2 N–H and O–H groups in total. The molecule has 0 saturated heterocycles. The van der Waals surface area contributed by atoms with Gasteiger partial charge in [0.05, 0.1) is 39.1 Å². The van der Waals surface area contributed by atoms with Crippen LogP contribution >= 0.6 is 0 Å². The number of benzene rings is 2. The highest BCUT2D eigenvalue weighted by atomic mass is 32.2. The molecule has 1 atom stereocenters. The lowest BCUT2D eigenvalue weighted by Gasteiger charge is -2.61. The molecule has 1 amide bonds. The molecule has 0 unspecified atom stereocenters. The zero-order valence-corrected chi connectivity index (χ0v) is 22.3. The van der Waals surface area contributed by atoms with Crippen molar-refractivity contribution in [2.45, 2.75) is 61.1 Å². The van der Waals surface area contributed by atoms with Crippen LogP contribution in [-0.4, -0.2) is 30.1 Å². The number of anilines is 1. The van der Waals surface area contributed by atoms with Gasteiger partial charge < -0.3 is 10.1 Å². The van der Waals surface area contributed by atoms with Crippen LogP contribution < -0.4 is 10.1 Å². The smallest absolute Gasteiger partial charge is 0.228 e. The summed E-state index contributed by atoms with van der Waals surface area (Å²) in [4.78, 5) is 17.5. The number of pyridine rings is 1. The molecule has 4 saturated carbocycles. The number of ether oxygens (including phenoxy) is 1. The maximum Gasteiger partial charge on any atom is 0.228 e. The van der Waals surface area contributed by atoms with Gasteiger partial charge in [-0.1, -0.05) is 6.07 Å². The van der Waals surface area contributed by atoms with Crippen molar-refractivity contribution in [3.05, 3.63) is 71.9 Å². The monoisotopic (exact) mass is 545 g/mol. The summed E-state index contributed by atoms with van der Waals surface area (Å²) in [5.74, 6) is 0.409. The highest BCUT2D eigenvalue weighted by Crippen LogP contribution is 2.62. The molecule has 8 nitrogen and oxygen atoms in total. The Morgan fingerprint density at radius 2 is 2.03 bits per heavy atom. The van der Waals surface area contributed by atoms with Gasteiger partial charge in [-0.15, -0.1) is 0 Å². The molecule has 2 heterocycles. The van der Waals surface area contributed by atoms with Gasteiger partial charge in [0.15, 0.2) is 11.6 Å². The maximum absolute atomic E-state index is 15.3. The first-order valence-electron chi connectivity index (χ1n) is 13.2. The second-order valence-corrected chi connectivity index (χ2v) is 13.6. The first-order valence-corrected chi connectivity index (χ1v) is 14.8. The third-order valence-corrected chi connectivity index (χ3v) is 10.6. The molecule has 0 spiro atoms. The summed E-state index contributed by atoms with van der Waals surface area (Å²) in [6.07, 6.45) is 10.2. The Bertz CT molecular complexity index is 1720. The molecular weight excluding hydrogens is 517 g/mol. The van der Waals surface area contributed by atoms with Crippen LogP contribution in [0.1, 0.15) is 43.2 Å². The van der Waals surface area contributed by atoms with E-state index in [1.807, 2.05) is 10.9 Å². The fraction of sp³-hybridized carbons (Fsp3) is 0.345. The number of rotatable bonds is 8. The molecule has 2 aromatic heterocycles. The van der Waals surface area contributed by atoms with Gasteiger partial charge >= 0.3 is 0 Å². The number of hydrogen-bond donors (Lipinski definition) is 2. The normalized spacial score (nSPS) is 23.0. The van der Waals surface area contributed by atoms with Crippen molar-refractivity contribution in [1.29, 1.82) is 4.78 Å². The largest absolute Gasteiger partial charge is 0.453 e. The van der Waals surface area contributed by atoms with Gasteiger partial charge in [-0.05, 0) is 86.4 Å². The molecule has 4 aromatic rings. The van der Waals surface area contributed by atoms with E-state index in [1.54, 1.807) is 49.6 Å². The average Bonchev–Trinajstić information content (AvgIpc) is 3.61. The van der Waals surface area contributed by atoms with Crippen molar-refractivity contribution in [3.8, 4) is 11.5 Å². The SMILES string of the molecule is Cc1cc(CC(=O)Nc2cnn(C34CC(C3)C4)c2)cc(F)c1Oc1ccnc2ccc([S@](=N)(=O)C3CC3)cc12. The van der Waals surface area contributed by atoms with E-state index < -0.39 is 15.5 Å². The van der Waals surface area contributed by atoms with Gasteiger partial charge in [-0.25, -0.2) is 13.4 Å². The summed E-state index contributed by atoms with van der Waals surface area (Å²) in [6, 6.07) is 9.75. The number of amides is 1. The molecule has 0 aliphatic heterocycles. The lowest BCUT2D eigenvalue weighted by atomic mass is 9.50. The third kappa shape index (κ3) is 4.17. The Morgan fingerprint density at radius 1 is 1.23 bits per heavy atom. The van der Waals surface area contributed by atoms with Crippen molar-refractivity contribution in [1.82, 2.24) is 14.8 Å². The molecule has 4 aliphatic carbocycles. The predicted molar refractivity (Wildman–Crippen MR) is 145 cm³/mol. The second kappa shape index (κ2) is 8.61. The fourth-order valence-corrected chi connectivity index (χ4v) is 7.61. The highest BCUT2D eigenvalue weighted by Gasteiger charge is 2.58. The molecular formula is C29H28FN5O3S. The van der Waals surface area contributed by atoms with Gasteiger partial charge in [-0.3, -0.25) is 14.5 Å². The van der Waals surface area contributed by atoms with E-state index in [4.69, 9.17) is 9.52 Å². The number of fused-ring (bicyclic) bond motifs is 1. The van der Waals surface area contributed by atoms with Gasteiger partial charge in [-0.2, -0.15) is 5.10 Å². The van der Waals surface area contributed by atoms with Gasteiger partial charge in [0.2, 0.25) is 5.91 Å². The number of aryl methyl sites for hydroxylation is 1. The van der Waals surface area contributed by atoms with Crippen LogP contribution in [0, 0.1) is 23.4 Å². The first-order chi connectivity index (χ1) is 18.7. The maximum atomic E-state index is 15.3. The van der Waals surface area contributed by atoms with Crippen molar-refractivity contribution in [2.75, 3.05) is 5.32 Å².